The van der Waals surface area contributed by atoms with Crippen LogP contribution in [0, 0.1) is 0 Å². The van der Waals surface area contributed by atoms with Crippen molar-refractivity contribution in [2.24, 2.45) is 4.99 Å². The summed E-state index contributed by atoms with van der Waals surface area (Å²) >= 11 is 0. The molecule has 27 heavy (non-hydrogen) atoms. The minimum Gasteiger partial charge on any atom is -0.497 e. The average Bonchev–Trinajstić information content (AvgIpc) is 2.70. The van der Waals surface area contributed by atoms with E-state index in [1.165, 1.54) is 45.3 Å². The summed E-state index contributed by atoms with van der Waals surface area (Å²) in [6.45, 7) is 8.56. The van der Waals surface area contributed by atoms with Gasteiger partial charge in [-0.15, -0.1) is 0 Å². The predicted molar refractivity (Wildman–Crippen MR) is 112 cm³/mol. The van der Waals surface area contributed by atoms with Crippen molar-refractivity contribution in [3.8, 4) is 11.5 Å². The van der Waals surface area contributed by atoms with Crippen LogP contribution < -0.4 is 20.1 Å². The molecule has 152 valence electrons. The van der Waals surface area contributed by atoms with Gasteiger partial charge in [0.15, 0.2) is 5.96 Å². The van der Waals surface area contributed by atoms with Gasteiger partial charge in [0, 0.05) is 32.2 Å². The van der Waals surface area contributed by atoms with Crippen molar-refractivity contribution in [1.29, 1.82) is 0 Å². The third-order valence-corrected chi connectivity index (χ3v) is 4.92. The summed E-state index contributed by atoms with van der Waals surface area (Å²) in [4.78, 5) is 6.93. The molecule has 1 heterocycles. The molecule has 2 N–H and O–H groups in total. The van der Waals surface area contributed by atoms with Gasteiger partial charge in [0.1, 0.15) is 17.6 Å². The molecule has 0 aromatic heterocycles. The van der Waals surface area contributed by atoms with Crippen LogP contribution in [-0.2, 0) is 0 Å². The van der Waals surface area contributed by atoms with E-state index in [0.29, 0.717) is 12.6 Å². The fourth-order valence-electron chi connectivity index (χ4n) is 3.26. The standard InChI is InChI=1S/C21H36N4O2/c1-5-6-12-25-13-10-18(11-14-25)24-21(22-3)23-16-17(2)27-20-9-7-8-19(15-20)26-4/h7-9,15,17-18H,5-6,10-14,16H2,1-4H3,(H2,22,23,24). The zero-order valence-corrected chi connectivity index (χ0v) is 17.3. The van der Waals surface area contributed by atoms with E-state index in [4.69, 9.17) is 9.47 Å². The number of nitrogens with zero attached hydrogens (tertiary/aromatic N) is 2. The van der Waals surface area contributed by atoms with Gasteiger partial charge in [-0.2, -0.15) is 0 Å². The minimum atomic E-state index is 0.0200. The van der Waals surface area contributed by atoms with Crippen molar-refractivity contribution < 1.29 is 9.47 Å². The zero-order valence-electron chi connectivity index (χ0n) is 17.3. The first-order valence-electron chi connectivity index (χ1n) is 10.1. The predicted octanol–water partition coefficient (Wildman–Crippen LogP) is 2.89. The molecule has 1 unspecified atom stereocenters. The maximum absolute atomic E-state index is 5.96. The van der Waals surface area contributed by atoms with Crippen LogP contribution in [0.2, 0.25) is 0 Å². The largest absolute Gasteiger partial charge is 0.497 e. The Morgan fingerprint density at radius 2 is 2.04 bits per heavy atom. The molecular weight excluding hydrogens is 340 g/mol. The molecule has 0 aliphatic carbocycles. The number of unbranched alkanes of at least 4 members (excludes halogenated alkanes) is 1. The SMILES string of the molecule is CCCCN1CCC(NC(=NC)NCC(C)Oc2cccc(OC)c2)CC1. The normalized spacial score (nSPS) is 17.4. The van der Waals surface area contributed by atoms with Crippen LogP contribution in [0.3, 0.4) is 0 Å². The molecule has 1 aliphatic rings. The lowest BCUT2D eigenvalue weighted by molar-refractivity contribution is 0.202. The van der Waals surface area contributed by atoms with Crippen LogP contribution in [0.1, 0.15) is 39.5 Å². The van der Waals surface area contributed by atoms with E-state index in [2.05, 4.69) is 27.4 Å². The number of hydrogen-bond acceptors (Lipinski definition) is 4. The van der Waals surface area contributed by atoms with Gasteiger partial charge in [-0.3, -0.25) is 4.99 Å². The molecular formula is C21H36N4O2. The van der Waals surface area contributed by atoms with Gasteiger partial charge in [-0.1, -0.05) is 19.4 Å². The quantitative estimate of drug-likeness (QED) is 0.513. The summed E-state index contributed by atoms with van der Waals surface area (Å²) in [6, 6.07) is 8.18. The summed E-state index contributed by atoms with van der Waals surface area (Å²) in [5, 5.41) is 6.94. The number of piperidine rings is 1. The monoisotopic (exact) mass is 376 g/mol. The maximum atomic E-state index is 5.96. The Kier molecular flexibility index (Phi) is 9.25. The van der Waals surface area contributed by atoms with Crippen molar-refractivity contribution in [3.05, 3.63) is 24.3 Å². The van der Waals surface area contributed by atoms with E-state index in [0.717, 1.165) is 17.5 Å². The number of guanidine groups is 1. The van der Waals surface area contributed by atoms with Gasteiger partial charge in [0.05, 0.1) is 13.7 Å². The molecule has 1 aromatic rings. The second-order valence-electron chi connectivity index (χ2n) is 7.17. The molecule has 1 fully saturated rings. The third kappa shape index (κ3) is 7.67. The van der Waals surface area contributed by atoms with E-state index < -0.39 is 0 Å². The topological polar surface area (TPSA) is 58.1 Å². The second-order valence-corrected chi connectivity index (χ2v) is 7.17. The van der Waals surface area contributed by atoms with Crippen LogP contribution in [0.15, 0.2) is 29.3 Å². The second kappa shape index (κ2) is 11.7. The molecule has 1 atom stereocenters. The van der Waals surface area contributed by atoms with Gasteiger partial charge in [-0.05, 0) is 44.9 Å². The van der Waals surface area contributed by atoms with Gasteiger partial charge < -0.3 is 25.0 Å². The molecule has 1 aliphatic heterocycles. The number of benzene rings is 1. The Labute approximate surface area is 164 Å². The highest BCUT2D eigenvalue weighted by Crippen LogP contribution is 2.19. The van der Waals surface area contributed by atoms with Gasteiger partial charge in [0.2, 0.25) is 0 Å². The summed E-state index contributed by atoms with van der Waals surface area (Å²) in [6.07, 6.45) is 4.92. The van der Waals surface area contributed by atoms with Crippen LogP contribution >= 0.6 is 0 Å². The van der Waals surface area contributed by atoms with E-state index in [-0.39, 0.29) is 6.10 Å². The fraction of sp³-hybridized carbons (Fsp3) is 0.667. The van der Waals surface area contributed by atoms with Crippen molar-refractivity contribution in [3.63, 3.8) is 0 Å². The lowest BCUT2D eigenvalue weighted by Gasteiger charge is -2.33. The van der Waals surface area contributed by atoms with Gasteiger partial charge in [-0.25, -0.2) is 0 Å². The third-order valence-electron chi connectivity index (χ3n) is 4.92. The van der Waals surface area contributed by atoms with E-state index in [1.807, 2.05) is 38.2 Å². The molecule has 0 bridgehead atoms. The Morgan fingerprint density at radius 1 is 1.30 bits per heavy atom. The zero-order chi connectivity index (χ0) is 19.5. The number of methoxy groups -OCH3 is 1. The molecule has 1 saturated heterocycles. The molecule has 0 spiro atoms. The Hall–Kier alpha value is -1.95. The number of ether oxygens (including phenoxy) is 2. The highest BCUT2D eigenvalue weighted by Gasteiger charge is 2.19. The number of aliphatic imine (C=N–C) groups is 1. The Morgan fingerprint density at radius 3 is 2.70 bits per heavy atom. The molecule has 0 radical (unpaired) electrons. The average molecular weight is 377 g/mol. The van der Waals surface area contributed by atoms with Crippen molar-refractivity contribution >= 4 is 5.96 Å². The molecule has 0 amide bonds. The number of rotatable bonds is 9. The minimum absolute atomic E-state index is 0.0200. The molecule has 0 saturated carbocycles. The summed E-state index contributed by atoms with van der Waals surface area (Å²) in [5.41, 5.74) is 0. The van der Waals surface area contributed by atoms with E-state index in [1.54, 1.807) is 7.11 Å². The molecule has 6 nitrogen and oxygen atoms in total. The molecule has 2 rings (SSSR count). The van der Waals surface area contributed by atoms with Crippen LogP contribution in [0.25, 0.3) is 0 Å². The summed E-state index contributed by atoms with van der Waals surface area (Å²) in [5.74, 6) is 2.46. The van der Waals surface area contributed by atoms with Crippen molar-refractivity contribution in [2.75, 3.05) is 40.3 Å². The van der Waals surface area contributed by atoms with Crippen LogP contribution in [0.4, 0.5) is 0 Å². The fourth-order valence-corrected chi connectivity index (χ4v) is 3.26. The highest BCUT2D eigenvalue weighted by atomic mass is 16.5. The first kappa shape index (κ1) is 21.4. The van der Waals surface area contributed by atoms with Crippen LogP contribution in [-0.4, -0.2) is 63.3 Å². The van der Waals surface area contributed by atoms with Crippen LogP contribution in [0.5, 0.6) is 11.5 Å². The lowest BCUT2D eigenvalue weighted by atomic mass is 10.0. The smallest absolute Gasteiger partial charge is 0.191 e. The molecule has 1 aromatic carbocycles. The highest BCUT2D eigenvalue weighted by molar-refractivity contribution is 5.80. The number of nitrogens with one attached hydrogen (secondary N) is 2. The first-order valence-corrected chi connectivity index (χ1v) is 10.1. The van der Waals surface area contributed by atoms with Gasteiger partial charge >= 0.3 is 0 Å². The van der Waals surface area contributed by atoms with Crippen molar-refractivity contribution in [2.45, 2.75) is 51.7 Å². The lowest BCUT2D eigenvalue weighted by Crippen LogP contribution is -2.50. The maximum Gasteiger partial charge on any atom is 0.191 e. The Bertz CT molecular complexity index is 571. The number of hydrogen-bond donors (Lipinski definition) is 2. The van der Waals surface area contributed by atoms with E-state index in [9.17, 15) is 0 Å². The van der Waals surface area contributed by atoms with Crippen molar-refractivity contribution in [1.82, 2.24) is 15.5 Å². The van der Waals surface area contributed by atoms with E-state index >= 15 is 0 Å². The molecule has 6 heteroatoms. The first-order chi connectivity index (χ1) is 13.1. The Balaban J connectivity index is 1.70. The number of likely N-dealkylation sites (tertiary alicyclic amines) is 1. The van der Waals surface area contributed by atoms with Gasteiger partial charge in [0.25, 0.3) is 0 Å². The summed E-state index contributed by atoms with van der Waals surface area (Å²) < 4.78 is 11.2. The summed E-state index contributed by atoms with van der Waals surface area (Å²) in [7, 11) is 3.48.